The fourth-order valence-corrected chi connectivity index (χ4v) is 4.94. The second kappa shape index (κ2) is 3.46. The minimum atomic E-state index is -0.0145. The topological polar surface area (TPSA) is 12.5 Å². The summed E-state index contributed by atoms with van der Waals surface area (Å²) in [6.45, 7) is 9.17. The molecular formula is C13H22BrNO. The zero-order valence-corrected chi connectivity index (χ0v) is 12.1. The third-order valence-corrected chi connectivity index (χ3v) is 6.37. The molecule has 4 unspecified atom stereocenters. The highest BCUT2D eigenvalue weighted by atomic mass is 79.9. The Kier molecular flexibility index (Phi) is 2.48. The average Bonchev–Trinajstić information content (AvgIpc) is 2.67. The zero-order chi connectivity index (χ0) is 11.6. The zero-order valence-electron chi connectivity index (χ0n) is 10.5. The van der Waals surface area contributed by atoms with E-state index in [0.29, 0.717) is 0 Å². The monoisotopic (exact) mass is 287 g/mol. The van der Waals surface area contributed by atoms with Gasteiger partial charge in [-0.05, 0) is 32.1 Å². The van der Waals surface area contributed by atoms with Crippen molar-refractivity contribution >= 4 is 15.9 Å². The van der Waals surface area contributed by atoms with Crippen LogP contribution in [0, 0.1) is 11.3 Å². The molecule has 0 bridgehead atoms. The molecule has 1 aliphatic carbocycles. The predicted molar refractivity (Wildman–Crippen MR) is 68.7 cm³/mol. The van der Waals surface area contributed by atoms with Gasteiger partial charge in [0.1, 0.15) is 5.72 Å². The van der Waals surface area contributed by atoms with Gasteiger partial charge in [-0.25, -0.2) is 0 Å². The molecule has 0 amide bonds. The molecule has 4 atom stereocenters. The van der Waals surface area contributed by atoms with Crippen molar-refractivity contribution in [2.75, 3.05) is 13.2 Å². The van der Waals surface area contributed by atoms with E-state index in [0.717, 1.165) is 29.9 Å². The molecule has 0 radical (unpaired) electrons. The van der Waals surface area contributed by atoms with Crippen LogP contribution in [0.4, 0.5) is 0 Å². The molecule has 2 aliphatic heterocycles. The van der Waals surface area contributed by atoms with Crippen LogP contribution < -0.4 is 0 Å². The van der Waals surface area contributed by atoms with Gasteiger partial charge in [-0.15, -0.1) is 0 Å². The van der Waals surface area contributed by atoms with E-state index in [1.54, 1.807) is 0 Å². The van der Waals surface area contributed by atoms with Gasteiger partial charge in [-0.3, -0.25) is 4.90 Å². The quantitative estimate of drug-likeness (QED) is 0.635. The number of ether oxygens (including phenoxy) is 1. The van der Waals surface area contributed by atoms with Crippen LogP contribution in [0.25, 0.3) is 0 Å². The Hall–Kier alpha value is 0.400. The molecule has 3 heteroatoms. The number of halogens is 1. The first-order chi connectivity index (χ1) is 7.47. The van der Waals surface area contributed by atoms with Gasteiger partial charge >= 0.3 is 0 Å². The smallest absolute Gasteiger partial charge is 0.124 e. The Morgan fingerprint density at radius 2 is 2.00 bits per heavy atom. The van der Waals surface area contributed by atoms with Gasteiger partial charge in [0.15, 0.2) is 0 Å². The summed E-state index contributed by atoms with van der Waals surface area (Å²) in [5, 5.41) is 0. The maximum absolute atomic E-state index is 6.12. The number of hydrogen-bond donors (Lipinski definition) is 0. The van der Waals surface area contributed by atoms with Crippen LogP contribution in [-0.2, 0) is 4.74 Å². The van der Waals surface area contributed by atoms with Crippen molar-refractivity contribution in [2.45, 2.75) is 56.6 Å². The molecule has 16 heavy (non-hydrogen) atoms. The Labute approximate surface area is 107 Å². The van der Waals surface area contributed by atoms with Crippen molar-refractivity contribution in [3.05, 3.63) is 0 Å². The minimum Gasteiger partial charge on any atom is -0.359 e. The van der Waals surface area contributed by atoms with E-state index in [4.69, 9.17) is 4.74 Å². The Morgan fingerprint density at radius 3 is 2.75 bits per heavy atom. The summed E-state index contributed by atoms with van der Waals surface area (Å²) < 4.78 is 6.12. The molecule has 0 aromatic rings. The van der Waals surface area contributed by atoms with E-state index < -0.39 is 0 Å². The normalized spacial score (nSPS) is 51.4. The Balaban J connectivity index is 1.98. The predicted octanol–water partition coefficient (Wildman–Crippen LogP) is 3.01. The van der Waals surface area contributed by atoms with Gasteiger partial charge in [-0.1, -0.05) is 29.8 Å². The van der Waals surface area contributed by atoms with Gasteiger partial charge in [0.25, 0.3) is 0 Å². The highest BCUT2D eigenvalue weighted by molar-refractivity contribution is 9.09. The van der Waals surface area contributed by atoms with E-state index in [9.17, 15) is 0 Å². The fourth-order valence-electron chi connectivity index (χ4n) is 4.27. The van der Waals surface area contributed by atoms with E-state index in [2.05, 4.69) is 41.6 Å². The number of hydrogen-bond acceptors (Lipinski definition) is 2. The molecule has 3 rings (SSSR count). The van der Waals surface area contributed by atoms with Crippen molar-refractivity contribution in [3.63, 3.8) is 0 Å². The summed E-state index contributed by atoms with van der Waals surface area (Å²) in [6.07, 6.45) is 3.97. The van der Waals surface area contributed by atoms with Crippen LogP contribution in [0.2, 0.25) is 0 Å². The summed E-state index contributed by atoms with van der Waals surface area (Å²) in [4.78, 5) is 3.37. The van der Waals surface area contributed by atoms with Gasteiger partial charge in [0, 0.05) is 22.8 Å². The third kappa shape index (κ3) is 1.25. The molecule has 1 saturated carbocycles. The standard InChI is InChI=1S/C13H22BrNO/c1-12(2)10-8-9(14)4-5-11(10)15-6-7-16-13(12,15)3/h9-11H,4-8H2,1-3H3. The number of alkyl halides is 1. The van der Waals surface area contributed by atoms with Crippen LogP contribution in [0.15, 0.2) is 0 Å². The molecule has 0 spiro atoms. The molecule has 3 fully saturated rings. The highest BCUT2D eigenvalue weighted by Crippen LogP contribution is 2.59. The van der Waals surface area contributed by atoms with Crippen LogP contribution in [0.3, 0.4) is 0 Å². The second-order valence-corrected chi connectivity index (χ2v) is 7.63. The average molecular weight is 288 g/mol. The molecule has 2 nitrogen and oxygen atoms in total. The summed E-state index contributed by atoms with van der Waals surface area (Å²) in [7, 11) is 0. The first kappa shape index (κ1) is 11.5. The van der Waals surface area contributed by atoms with Crippen LogP contribution in [-0.4, -0.2) is 34.6 Å². The molecule has 3 aliphatic rings. The number of nitrogens with zero attached hydrogens (tertiary/aromatic N) is 1. The number of fused-ring (bicyclic) bond motifs is 3. The summed E-state index contributed by atoms with van der Waals surface area (Å²) in [5.41, 5.74) is 0.264. The first-order valence-electron chi connectivity index (χ1n) is 6.51. The first-order valence-corrected chi connectivity index (χ1v) is 7.43. The summed E-state index contributed by atoms with van der Waals surface area (Å²) >= 11 is 3.81. The van der Waals surface area contributed by atoms with E-state index in [1.165, 1.54) is 19.3 Å². The van der Waals surface area contributed by atoms with Gasteiger partial charge in [0.2, 0.25) is 0 Å². The molecule has 92 valence electrons. The fraction of sp³-hybridized carbons (Fsp3) is 1.00. The molecule has 2 saturated heterocycles. The van der Waals surface area contributed by atoms with Gasteiger partial charge in [-0.2, -0.15) is 0 Å². The third-order valence-electron chi connectivity index (χ3n) is 5.54. The lowest BCUT2D eigenvalue weighted by molar-refractivity contribution is -0.119. The lowest BCUT2D eigenvalue weighted by Gasteiger charge is -2.41. The SMILES string of the molecule is CC1(C)C2CC(Br)CCC2N2CCOC21C. The van der Waals surface area contributed by atoms with Crippen molar-refractivity contribution in [1.82, 2.24) is 4.90 Å². The Bertz CT molecular complexity index is 306. The van der Waals surface area contributed by atoms with Gasteiger partial charge < -0.3 is 4.74 Å². The van der Waals surface area contributed by atoms with Crippen molar-refractivity contribution in [3.8, 4) is 0 Å². The lowest BCUT2D eigenvalue weighted by atomic mass is 9.68. The van der Waals surface area contributed by atoms with Crippen LogP contribution >= 0.6 is 15.9 Å². The Morgan fingerprint density at radius 1 is 1.25 bits per heavy atom. The lowest BCUT2D eigenvalue weighted by Crippen LogP contribution is -2.47. The minimum absolute atomic E-state index is 0.0145. The molecular weight excluding hydrogens is 266 g/mol. The van der Waals surface area contributed by atoms with Crippen molar-refractivity contribution in [2.24, 2.45) is 11.3 Å². The van der Waals surface area contributed by atoms with Crippen LogP contribution in [0.5, 0.6) is 0 Å². The maximum atomic E-state index is 6.12. The summed E-state index contributed by atoms with van der Waals surface area (Å²) in [5.74, 6) is 0.788. The maximum Gasteiger partial charge on any atom is 0.124 e. The van der Waals surface area contributed by atoms with Crippen LogP contribution in [0.1, 0.15) is 40.0 Å². The van der Waals surface area contributed by atoms with Crippen molar-refractivity contribution < 1.29 is 4.74 Å². The largest absolute Gasteiger partial charge is 0.359 e. The highest BCUT2D eigenvalue weighted by Gasteiger charge is 2.64. The van der Waals surface area contributed by atoms with Gasteiger partial charge in [0.05, 0.1) is 6.61 Å². The second-order valence-electron chi connectivity index (χ2n) is 6.33. The molecule has 0 aromatic heterocycles. The molecule has 0 N–H and O–H groups in total. The summed E-state index contributed by atoms with van der Waals surface area (Å²) in [6, 6.07) is 0.760. The van der Waals surface area contributed by atoms with E-state index in [-0.39, 0.29) is 11.1 Å². The molecule has 2 heterocycles. The molecule has 0 aromatic carbocycles. The number of rotatable bonds is 0. The van der Waals surface area contributed by atoms with E-state index in [1.807, 2.05) is 0 Å². The van der Waals surface area contributed by atoms with E-state index >= 15 is 0 Å². The van der Waals surface area contributed by atoms with Crippen molar-refractivity contribution in [1.29, 1.82) is 0 Å².